The summed E-state index contributed by atoms with van der Waals surface area (Å²) in [5.74, 6) is 0. The van der Waals surface area contributed by atoms with Crippen molar-refractivity contribution in [2.45, 2.75) is 18.9 Å². The molecule has 12 heavy (non-hydrogen) atoms. The van der Waals surface area contributed by atoms with Crippen LogP contribution in [0.2, 0.25) is 0 Å². The number of hydrogen-bond acceptors (Lipinski definition) is 4. The molecule has 0 aromatic carbocycles. The molecule has 0 spiro atoms. The van der Waals surface area contributed by atoms with E-state index >= 15 is 0 Å². The van der Waals surface area contributed by atoms with Gasteiger partial charge in [0.2, 0.25) is 0 Å². The second kappa shape index (κ2) is 3.15. The third-order valence-corrected chi connectivity index (χ3v) is 2.63. The van der Waals surface area contributed by atoms with E-state index in [0.717, 1.165) is 18.5 Å². The molecule has 0 amide bonds. The monoisotopic (exact) mass is 181 g/mol. The summed E-state index contributed by atoms with van der Waals surface area (Å²) in [5, 5.41) is 5.93. The smallest absolute Gasteiger partial charge is 0.180 e. The van der Waals surface area contributed by atoms with Crippen LogP contribution in [0.4, 0.5) is 5.13 Å². The number of allylic oxidation sites excluding steroid dienone is 1. The number of anilines is 1. The van der Waals surface area contributed by atoms with Gasteiger partial charge in [0.25, 0.3) is 0 Å². The van der Waals surface area contributed by atoms with Gasteiger partial charge in [0.1, 0.15) is 0 Å². The molecule has 2 heterocycles. The molecule has 1 aromatic rings. The van der Waals surface area contributed by atoms with E-state index in [9.17, 15) is 0 Å². The van der Waals surface area contributed by atoms with Crippen molar-refractivity contribution in [3.05, 3.63) is 23.3 Å². The van der Waals surface area contributed by atoms with Crippen LogP contribution < -0.4 is 11.1 Å². The summed E-state index contributed by atoms with van der Waals surface area (Å²) in [6, 6.07) is 0.364. The first-order chi connectivity index (χ1) is 5.86. The fourth-order valence-corrected chi connectivity index (χ4v) is 1.92. The summed E-state index contributed by atoms with van der Waals surface area (Å²) >= 11 is 1.50. The molecule has 0 saturated heterocycles. The second-order valence-corrected chi connectivity index (χ2v) is 3.70. The number of nitrogens with zero attached hydrogens (tertiary/aromatic N) is 1. The van der Waals surface area contributed by atoms with Crippen molar-refractivity contribution in [3.63, 3.8) is 0 Å². The number of aromatic nitrogens is 1. The van der Waals surface area contributed by atoms with Gasteiger partial charge < -0.3 is 11.1 Å². The molecule has 64 valence electrons. The Kier molecular flexibility index (Phi) is 1.99. The van der Waals surface area contributed by atoms with E-state index in [1.165, 1.54) is 11.3 Å². The normalized spacial score (nSPS) is 22.2. The maximum absolute atomic E-state index is 5.55. The van der Waals surface area contributed by atoms with Gasteiger partial charge in [-0.15, -0.1) is 11.3 Å². The van der Waals surface area contributed by atoms with E-state index in [1.54, 1.807) is 0 Å². The minimum atomic E-state index is 0.364. The topological polar surface area (TPSA) is 50.9 Å². The number of nitrogens with two attached hydrogens (primary N) is 1. The summed E-state index contributed by atoms with van der Waals surface area (Å²) < 4.78 is 0. The quantitative estimate of drug-likeness (QED) is 0.692. The Bertz CT molecular complexity index is 292. The molecule has 1 aliphatic rings. The lowest BCUT2D eigenvalue weighted by molar-refractivity contribution is 0.543. The second-order valence-electron chi connectivity index (χ2n) is 2.81. The minimum absolute atomic E-state index is 0.364. The van der Waals surface area contributed by atoms with Crippen molar-refractivity contribution in [3.8, 4) is 0 Å². The van der Waals surface area contributed by atoms with E-state index in [1.807, 2.05) is 11.6 Å². The molecule has 1 aromatic heterocycles. The molecule has 1 unspecified atom stereocenters. The molecule has 3 nitrogen and oxygen atoms in total. The first-order valence-electron chi connectivity index (χ1n) is 3.98. The number of hydrogen-bond donors (Lipinski definition) is 2. The summed E-state index contributed by atoms with van der Waals surface area (Å²) in [7, 11) is 0. The molecule has 0 saturated carbocycles. The van der Waals surface area contributed by atoms with Crippen molar-refractivity contribution >= 4 is 16.5 Å². The molecular weight excluding hydrogens is 170 g/mol. The van der Waals surface area contributed by atoms with Gasteiger partial charge in [0, 0.05) is 5.38 Å². The first kappa shape index (κ1) is 7.61. The molecule has 4 heteroatoms. The third-order valence-electron chi connectivity index (χ3n) is 1.93. The van der Waals surface area contributed by atoms with Crippen LogP contribution in [-0.2, 0) is 0 Å². The molecule has 2 rings (SSSR count). The Labute approximate surface area is 75.3 Å². The van der Waals surface area contributed by atoms with Gasteiger partial charge in [-0.1, -0.05) is 6.08 Å². The molecule has 0 radical (unpaired) electrons. The van der Waals surface area contributed by atoms with E-state index in [4.69, 9.17) is 5.73 Å². The largest absolute Gasteiger partial charge is 0.383 e. The third kappa shape index (κ3) is 1.43. The summed E-state index contributed by atoms with van der Waals surface area (Å²) in [6.07, 6.45) is 6.35. The lowest BCUT2D eigenvalue weighted by Crippen LogP contribution is -2.18. The average Bonchev–Trinajstić information content (AvgIpc) is 2.54. The van der Waals surface area contributed by atoms with Crippen molar-refractivity contribution in [1.82, 2.24) is 10.3 Å². The highest BCUT2D eigenvalue weighted by atomic mass is 32.1. The molecule has 1 atom stereocenters. The van der Waals surface area contributed by atoms with Crippen LogP contribution in [-0.4, -0.2) is 4.98 Å². The standard InChI is InChI=1S/C8H11N3S/c9-8-11-7(5-12-8)6-3-1-2-4-10-6/h2,4-6,10H,1,3H2,(H2,9,11). The molecule has 0 bridgehead atoms. The number of nitrogen functional groups attached to an aromatic ring is 1. The highest BCUT2D eigenvalue weighted by Gasteiger charge is 2.13. The summed E-state index contributed by atoms with van der Waals surface area (Å²) in [4.78, 5) is 4.23. The predicted molar refractivity (Wildman–Crippen MR) is 50.8 cm³/mol. The van der Waals surface area contributed by atoms with E-state index in [-0.39, 0.29) is 0 Å². The van der Waals surface area contributed by atoms with Gasteiger partial charge in [-0.3, -0.25) is 0 Å². The maximum atomic E-state index is 5.55. The van der Waals surface area contributed by atoms with Gasteiger partial charge in [-0.2, -0.15) is 0 Å². The summed E-state index contributed by atoms with van der Waals surface area (Å²) in [6.45, 7) is 0. The Balaban J connectivity index is 2.14. The Morgan fingerprint density at radius 3 is 3.17 bits per heavy atom. The van der Waals surface area contributed by atoms with Crippen molar-refractivity contribution < 1.29 is 0 Å². The molecule has 0 fully saturated rings. The van der Waals surface area contributed by atoms with Crippen molar-refractivity contribution in [2.24, 2.45) is 0 Å². The Morgan fingerprint density at radius 2 is 2.58 bits per heavy atom. The lowest BCUT2D eigenvalue weighted by atomic mass is 10.1. The van der Waals surface area contributed by atoms with E-state index < -0.39 is 0 Å². The fourth-order valence-electron chi connectivity index (χ4n) is 1.31. The highest BCUT2D eigenvalue weighted by Crippen LogP contribution is 2.23. The van der Waals surface area contributed by atoms with Gasteiger partial charge in [-0.05, 0) is 19.0 Å². The zero-order valence-corrected chi connectivity index (χ0v) is 7.47. The SMILES string of the molecule is Nc1nc(C2CCC=CN2)cs1. The van der Waals surface area contributed by atoms with E-state index in [2.05, 4.69) is 16.4 Å². The van der Waals surface area contributed by atoms with Crippen molar-refractivity contribution in [2.75, 3.05) is 5.73 Å². The zero-order chi connectivity index (χ0) is 8.39. The average molecular weight is 181 g/mol. The Morgan fingerprint density at radius 1 is 1.67 bits per heavy atom. The molecular formula is C8H11N3S. The molecule has 3 N–H and O–H groups in total. The predicted octanol–water partition coefficient (Wildman–Crippen LogP) is 1.66. The van der Waals surface area contributed by atoms with Crippen LogP contribution in [0.3, 0.4) is 0 Å². The van der Waals surface area contributed by atoms with Gasteiger partial charge in [0.05, 0.1) is 11.7 Å². The minimum Gasteiger partial charge on any atom is -0.383 e. The van der Waals surface area contributed by atoms with Gasteiger partial charge >= 0.3 is 0 Å². The van der Waals surface area contributed by atoms with Crippen LogP contribution in [0.15, 0.2) is 17.7 Å². The number of rotatable bonds is 1. The van der Waals surface area contributed by atoms with Gasteiger partial charge in [0.15, 0.2) is 5.13 Å². The highest BCUT2D eigenvalue weighted by molar-refractivity contribution is 7.13. The Hall–Kier alpha value is -1.03. The van der Waals surface area contributed by atoms with Crippen LogP contribution in [0.25, 0.3) is 0 Å². The van der Waals surface area contributed by atoms with Crippen LogP contribution in [0, 0.1) is 0 Å². The van der Waals surface area contributed by atoms with Crippen LogP contribution in [0.5, 0.6) is 0 Å². The maximum Gasteiger partial charge on any atom is 0.180 e. The van der Waals surface area contributed by atoms with Crippen LogP contribution >= 0.6 is 11.3 Å². The molecule has 1 aliphatic heterocycles. The van der Waals surface area contributed by atoms with Crippen LogP contribution in [0.1, 0.15) is 24.6 Å². The molecule has 0 aliphatic carbocycles. The van der Waals surface area contributed by atoms with E-state index in [0.29, 0.717) is 11.2 Å². The number of nitrogens with one attached hydrogen (secondary N) is 1. The van der Waals surface area contributed by atoms with Gasteiger partial charge in [-0.25, -0.2) is 4.98 Å². The summed E-state index contributed by atoms with van der Waals surface area (Å²) in [5.41, 5.74) is 6.62. The zero-order valence-electron chi connectivity index (χ0n) is 6.66. The first-order valence-corrected chi connectivity index (χ1v) is 4.86. The lowest BCUT2D eigenvalue weighted by Gasteiger charge is -2.17. The van der Waals surface area contributed by atoms with Crippen molar-refractivity contribution in [1.29, 1.82) is 0 Å². The fraction of sp³-hybridized carbons (Fsp3) is 0.375. The number of thiazole rings is 1.